The van der Waals surface area contributed by atoms with Crippen molar-refractivity contribution in [2.24, 2.45) is 11.8 Å². The van der Waals surface area contributed by atoms with Crippen LogP contribution in [0, 0.1) is 11.8 Å². The van der Waals surface area contributed by atoms with Crippen LogP contribution in [0.15, 0.2) is 12.1 Å². The van der Waals surface area contributed by atoms with Crippen LogP contribution in [0.4, 0.5) is 0 Å². The summed E-state index contributed by atoms with van der Waals surface area (Å²) in [7, 11) is 0. The van der Waals surface area contributed by atoms with Crippen LogP contribution in [-0.4, -0.2) is 27.5 Å². The summed E-state index contributed by atoms with van der Waals surface area (Å²) in [5.41, 5.74) is 0.792. The molecule has 0 spiro atoms. The molecular weight excluding hydrogens is 262 g/mol. The van der Waals surface area contributed by atoms with Crippen LogP contribution in [0.25, 0.3) is 0 Å². The van der Waals surface area contributed by atoms with Crippen LogP contribution in [0.5, 0.6) is 0 Å². The molecule has 5 heteroatoms. The molecule has 1 aromatic heterocycles. The molecule has 1 atom stereocenters. The van der Waals surface area contributed by atoms with Gasteiger partial charge in [0.1, 0.15) is 0 Å². The standard InChI is InChI=1S/C14H20ClN3O/c1-10(2)11-3-6-14(19)18(8-7-11)9-12-4-5-13(15)17-16-12/h4-5,10-11H,3,6-9H2,1-2H3. The van der Waals surface area contributed by atoms with Gasteiger partial charge in [-0.1, -0.05) is 25.4 Å². The molecule has 19 heavy (non-hydrogen) atoms. The zero-order chi connectivity index (χ0) is 13.8. The van der Waals surface area contributed by atoms with E-state index in [0.717, 1.165) is 25.1 Å². The van der Waals surface area contributed by atoms with Gasteiger partial charge in [-0.15, -0.1) is 5.10 Å². The van der Waals surface area contributed by atoms with Gasteiger partial charge in [-0.25, -0.2) is 0 Å². The minimum Gasteiger partial charge on any atom is -0.337 e. The average molecular weight is 282 g/mol. The molecule has 0 aromatic carbocycles. The Labute approximate surface area is 119 Å². The number of hydrogen-bond donors (Lipinski definition) is 0. The van der Waals surface area contributed by atoms with Gasteiger partial charge in [0.15, 0.2) is 5.15 Å². The zero-order valence-electron chi connectivity index (χ0n) is 11.5. The fraction of sp³-hybridized carbons (Fsp3) is 0.643. The first-order valence-electron chi connectivity index (χ1n) is 6.82. The molecule has 1 fully saturated rings. The number of carbonyl (C=O) groups excluding carboxylic acids is 1. The third-order valence-corrected chi connectivity index (χ3v) is 4.04. The van der Waals surface area contributed by atoms with Crippen molar-refractivity contribution in [2.45, 2.75) is 39.7 Å². The van der Waals surface area contributed by atoms with Crippen molar-refractivity contribution in [2.75, 3.05) is 6.54 Å². The molecule has 1 amide bonds. The van der Waals surface area contributed by atoms with Crippen molar-refractivity contribution in [1.82, 2.24) is 15.1 Å². The molecule has 0 N–H and O–H groups in total. The second-order valence-corrected chi connectivity index (χ2v) is 5.88. The second-order valence-electron chi connectivity index (χ2n) is 5.49. The van der Waals surface area contributed by atoms with Crippen molar-refractivity contribution < 1.29 is 4.79 Å². The lowest BCUT2D eigenvalue weighted by molar-refractivity contribution is -0.131. The number of amides is 1. The van der Waals surface area contributed by atoms with E-state index in [1.807, 2.05) is 11.0 Å². The van der Waals surface area contributed by atoms with E-state index in [1.54, 1.807) is 6.07 Å². The van der Waals surface area contributed by atoms with Crippen LogP contribution >= 0.6 is 11.6 Å². The number of nitrogens with zero attached hydrogens (tertiary/aromatic N) is 3. The van der Waals surface area contributed by atoms with Crippen molar-refractivity contribution in [1.29, 1.82) is 0 Å². The lowest BCUT2D eigenvalue weighted by Crippen LogP contribution is -2.30. The van der Waals surface area contributed by atoms with E-state index in [-0.39, 0.29) is 5.91 Å². The number of hydrogen-bond acceptors (Lipinski definition) is 3. The predicted octanol–water partition coefficient (Wildman–Crippen LogP) is 2.91. The van der Waals surface area contributed by atoms with Gasteiger partial charge in [-0.2, -0.15) is 5.10 Å². The van der Waals surface area contributed by atoms with E-state index in [2.05, 4.69) is 24.0 Å². The molecule has 0 radical (unpaired) electrons. The van der Waals surface area contributed by atoms with Crippen molar-refractivity contribution in [3.63, 3.8) is 0 Å². The third kappa shape index (κ3) is 3.90. The minimum atomic E-state index is 0.222. The van der Waals surface area contributed by atoms with Gasteiger partial charge < -0.3 is 4.90 Å². The highest BCUT2D eigenvalue weighted by atomic mass is 35.5. The Morgan fingerprint density at radius 3 is 2.79 bits per heavy atom. The van der Waals surface area contributed by atoms with Gasteiger partial charge in [0, 0.05) is 13.0 Å². The fourth-order valence-corrected chi connectivity index (χ4v) is 2.62. The maximum atomic E-state index is 12.1. The monoisotopic (exact) mass is 281 g/mol. The molecule has 1 aromatic rings. The van der Waals surface area contributed by atoms with Gasteiger partial charge in [0.05, 0.1) is 12.2 Å². The van der Waals surface area contributed by atoms with Crippen LogP contribution in [0.1, 0.15) is 38.8 Å². The molecule has 1 aliphatic heterocycles. The summed E-state index contributed by atoms with van der Waals surface area (Å²) in [6.07, 6.45) is 2.72. The molecule has 104 valence electrons. The molecule has 4 nitrogen and oxygen atoms in total. The number of halogens is 1. The van der Waals surface area contributed by atoms with E-state index in [1.165, 1.54) is 0 Å². The Morgan fingerprint density at radius 1 is 1.37 bits per heavy atom. The van der Waals surface area contributed by atoms with E-state index in [9.17, 15) is 4.79 Å². The number of aromatic nitrogens is 2. The normalized spacial score (nSPS) is 20.7. The van der Waals surface area contributed by atoms with Crippen LogP contribution < -0.4 is 0 Å². The van der Waals surface area contributed by atoms with Gasteiger partial charge in [0.25, 0.3) is 0 Å². The Morgan fingerprint density at radius 2 is 2.16 bits per heavy atom. The molecule has 1 aliphatic rings. The van der Waals surface area contributed by atoms with Crippen LogP contribution in [0.3, 0.4) is 0 Å². The van der Waals surface area contributed by atoms with Crippen LogP contribution in [-0.2, 0) is 11.3 Å². The Balaban J connectivity index is 1.99. The van der Waals surface area contributed by atoms with E-state index in [4.69, 9.17) is 11.6 Å². The summed E-state index contributed by atoms with van der Waals surface area (Å²) in [6.45, 7) is 5.81. The predicted molar refractivity (Wildman–Crippen MR) is 74.6 cm³/mol. The SMILES string of the molecule is CC(C)C1CCC(=O)N(Cc2ccc(Cl)nn2)CC1. The zero-order valence-corrected chi connectivity index (χ0v) is 12.2. The number of rotatable bonds is 3. The largest absolute Gasteiger partial charge is 0.337 e. The lowest BCUT2D eigenvalue weighted by Gasteiger charge is -2.21. The lowest BCUT2D eigenvalue weighted by atomic mass is 9.89. The molecule has 0 bridgehead atoms. The van der Waals surface area contributed by atoms with E-state index in [0.29, 0.717) is 30.0 Å². The van der Waals surface area contributed by atoms with Gasteiger partial charge in [-0.05, 0) is 36.8 Å². The highest BCUT2D eigenvalue weighted by Crippen LogP contribution is 2.25. The molecule has 1 unspecified atom stereocenters. The first-order valence-corrected chi connectivity index (χ1v) is 7.20. The summed E-state index contributed by atoms with van der Waals surface area (Å²) >= 11 is 5.71. The van der Waals surface area contributed by atoms with E-state index < -0.39 is 0 Å². The number of likely N-dealkylation sites (tertiary alicyclic amines) is 1. The topological polar surface area (TPSA) is 46.1 Å². The van der Waals surface area contributed by atoms with Crippen molar-refractivity contribution in [3.8, 4) is 0 Å². The summed E-state index contributed by atoms with van der Waals surface area (Å²) < 4.78 is 0. The molecule has 0 saturated carbocycles. The summed E-state index contributed by atoms with van der Waals surface area (Å²) in [6, 6.07) is 3.54. The second kappa shape index (κ2) is 6.33. The Bertz CT molecular complexity index is 433. The molecule has 2 heterocycles. The fourth-order valence-electron chi connectivity index (χ4n) is 2.52. The highest BCUT2D eigenvalue weighted by molar-refractivity contribution is 6.29. The quantitative estimate of drug-likeness (QED) is 0.856. The minimum absolute atomic E-state index is 0.222. The first-order chi connectivity index (χ1) is 9.06. The summed E-state index contributed by atoms with van der Waals surface area (Å²) in [5.74, 6) is 1.51. The average Bonchev–Trinajstić information content (AvgIpc) is 2.55. The Kier molecular flexibility index (Phi) is 4.75. The maximum absolute atomic E-state index is 12.1. The molecule has 1 saturated heterocycles. The molecular formula is C14H20ClN3O. The highest BCUT2D eigenvalue weighted by Gasteiger charge is 2.24. The number of carbonyl (C=O) groups is 1. The maximum Gasteiger partial charge on any atom is 0.222 e. The van der Waals surface area contributed by atoms with Gasteiger partial charge >= 0.3 is 0 Å². The third-order valence-electron chi connectivity index (χ3n) is 3.83. The van der Waals surface area contributed by atoms with Crippen molar-refractivity contribution in [3.05, 3.63) is 23.0 Å². The molecule has 0 aliphatic carbocycles. The van der Waals surface area contributed by atoms with Crippen molar-refractivity contribution >= 4 is 17.5 Å². The van der Waals surface area contributed by atoms with Crippen LogP contribution in [0.2, 0.25) is 5.15 Å². The first kappa shape index (κ1) is 14.3. The molecule has 2 rings (SSSR count). The Hall–Kier alpha value is -1.16. The summed E-state index contributed by atoms with van der Waals surface area (Å²) in [4.78, 5) is 14.0. The van der Waals surface area contributed by atoms with E-state index >= 15 is 0 Å². The van der Waals surface area contributed by atoms with Gasteiger partial charge in [0.2, 0.25) is 5.91 Å². The smallest absolute Gasteiger partial charge is 0.222 e. The summed E-state index contributed by atoms with van der Waals surface area (Å²) in [5, 5.41) is 8.21. The van der Waals surface area contributed by atoms with Gasteiger partial charge in [-0.3, -0.25) is 4.79 Å².